The van der Waals surface area contributed by atoms with Gasteiger partial charge >= 0.3 is 6.18 Å². The van der Waals surface area contributed by atoms with E-state index in [0.29, 0.717) is 16.0 Å². The molecular formula is C25H19Cl2F3N4OS. The molecule has 0 unspecified atom stereocenters. The zero-order valence-corrected chi connectivity index (χ0v) is 21.4. The van der Waals surface area contributed by atoms with E-state index in [0.717, 1.165) is 46.3 Å². The fourth-order valence-corrected chi connectivity index (χ4v) is 4.50. The smallest absolute Gasteiger partial charge is 0.325 e. The SMILES string of the molecule is Cc1ccc(-n2c(SCC(=O)Nc3ccc(Cl)c(C(F)(F)F)c3)nnc2-c2ccc(Cl)cc2)cc1C. The minimum absolute atomic E-state index is 0.00481. The number of hydrogen-bond acceptors (Lipinski definition) is 4. The molecule has 3 aromatic carbocycles. The Labute approximate surface area is 219 Å². The first-order valence-electron chi connectivity index (χ1n) is 10.6. The second-order valence-corrected chi connectivity index (χ2v) is 9.73. The van der Waals surface area contributed by atoms with Gasteiger partial charge < -0.3 is 5.32 Å². The van der Waals surface area contributed by atoms with Crippen molar-refractivity contribution in [2.75, 3.05) is 11.1 Å². The van der Waals surface area contributed by atoms with Crippen molar-refractivity contribution in [1.82, 2.24) is 14.8 Å². The molecule has 1 amide bonds. The molecule has 36 heavy (non-hydrogen) atoms. The number of alkyl halides is 3. The van der Waals surface area contributed by atoms with Gasteiger partial charge in [-0.2, -0.15) is 13.2 Å². The van der Waals surface area contributed by atoms with E-state index in [1.54, 1.807) is 12.1 Å². The van der Waals surface area contributed by atoms with Crippen LogP contribution < -0.4 is 5.32 Å². The van der Waals surface area contributed by atoms with Crippen molar-refractivity contribution in [3.05, 3.63) is 87.4 Å². The van der Waals surface area contributed by atoms with Crippen LogP contribution in [-0.4, -0.2) is 26.4 Å². The summed E-state index contributed by atoms with van der Waals surface area (Å²) in [6, 6.07) is 16.3. The number of hydrogen-bond donors (Lipinski definition) is 1. The molecule has 0 bridgehead atoms. The van der Waals surface area contributed by atoms with E-state index in [1.165, 1.54) is 6.07 Å². The third-order valence-electron chi connectivity index (χ3n) is 5.37. The first kappa shape index (κ1) is 26.1. The minimum atomic E-state index is -4.63. The van der Waals surface area contributed by atoms with Gasteiger partial charge in [0.2, 0.25) is 5.91 Å². The topological polar surface area (TPSA) is 59.8 Å². The molecular weight excluding hydrogens is 532 g/mol. The van der Waals surface area contributed by atoms with Gasteiger partial charge in [0.1, 0.15) is 0 Å². The summed E-state index contributed by atoms with van der Waals surface area (Å²) < 4.78 is 41.2. The van der Waals surface area contributed by atoms with Crippen LogP contribution in [0.1, 0.15) is 16.7 Å². The predicted octanol–water partition coefficient (Wildman–Crippen LogP) is 7.61. The van der Waals surface area contributed by atoms with Crippen LogP contribution >= 0.6 is 35.0 Å². The molecule has 4 rings (SSSR count). The Morgan fingerprint density at radius 1 is 0.972 bits per heavy atom. The molecule has 0 aliphatic rings. The van der Waals surface area contributed by atoms with Crippen molar-refractivity contribution >= 4 is 46.6 Å². The highest BCUT2D eigenvalue weighted by Crippen LogP contribution is 2.36. The lowest BCUT2D eigenvalue weighted by molar-refractivity contribution is -0.137. The van der Waals surface area contributed by atoms with Crippen molar-refractivity contribution < 1.29 is 18.0 Å². The van der Waals surface area contributed by atoms with Gasteiger partial charge in [-0.25, -0.2) is 0 Å². The molecule has 1 heterocycles. The van der Waals surface area contributed by atoms with Crippen LogP contribution in [0.15, 0.2) is 65.8 Å². The number of carbonyl (C=O) groups excluding carboxylic acids is 1. The molecule has 0 atom stereocenters. The maximum absolute atomic E-state index is 13.1. The van der Waals surface area contributed by atoms with Crippen molar-refractivity contribution in [2.24, 2.45) is 0 Å². The number of thioether (sulfide) groups is 1. The largest absolute Gasteiger partial charge is 0.417 e. The van der Waals surface area contributed by atoms with Crippen LogP contribution in [0.4, 0.5) is 18.9 Å². The molecule has 1 aromatic heterocycles. The molecule has 0 aliphatic carbocycles. The van der Waals surface area contributed by atoms with Crippen LogP contribution in [-0.2, 0) is 11.0 Å². The van der Waals surface area contributed by atoms with E-state index in [2.05, 4.69) is 15.5 Å². The molecule has 11 heteroatoms. The summed E-state index contributed by atoms with van der Waals surface area (Å²) in [4.78, 5) is 12.6. The zero-order chi connectivity index (χ0) is 26.0. The summed E-state index contributed by atoms with van der Waals surface area (Å²) in [5, 5.41) is 11.7. The minimum Gasteiger partial charge on any atom is -0.325 e. The molecule has 0 aliphatic heterocycles. The number of nitrogens with zero attached hydrogens (tertiary/aromatic N) is 3. The summed E-state index contributed by atoms with van der Waals surface area (Å²) in [7, 11) is 0. The second kappa shape index (κ2) is 10.5. The Hall–Kier alpha value is -3.01. The lowest BCUT2D eigenvalue weighted by Gasteiger charge is -2.13. The Balaban J connectivity index is 1.60. The van der Waals surface area contributed by atoms with Gasteiger partial charge in [-0.1, -0.05) is 41.0 Å². The fourth-order valence-electron chi connectivity index (χ4n) is 3.39. The molecule has 186 valence electrons. The van der Waals surface area contributed by atoms with E-state index < -0.39 is 22.7 Å². The Bertz CT molecular complexity index is 1420. The summed E-state index contributed by atoms with van der Waals surface area (Å²) in [5.41, 5.74) is 2.76. The first-order chi connectivity index (χ1) is 17.0. The summed E-state index contributed by atoms with van der Waals surface area (Å²) >= 11 is 12.8. The summed E-state index contributed by atoms with van der Waals surface area (Å²) in [5.74, 6) is -0.0448. The van der Waals surface area contributed by atoms with Gasteiger partial charge in [-0.3, -0.25) is 9.36 Å². The standard InChI is InChI=1S/C25H19Cl2F3N4OS/c1-14-3-9-19(11-15(14)2)34-23(16-4-6-17(26)7-5-16)32-33-24(34)36-13-22(35)31-18-8-10-21(27)20(12-18)25(28,29)30/h3-12H,13H2,1-2H3,(H,31,35). The molecule has 0 saturated carbocycles. The number of carbonyl (C=O) groups is 1. The maximum atomic E-state index is 13.1. The highest BCUT2D eigenvalue weighted by molar-refractivity contribution is 7.99. The Kier molecular flexibility index (Phi) is 7.63. The van der Waals surface area contributed by atoms with Crippen LogP contribution in [0, 0.1) is 13.8 Å². The second-order valence-electron chi connectivity index (χ2n) is 7.95. The van der Waals surface area contributed by atoms with Gasteiger partial charge in [0.15, 0.2) is 11.0 Å². The van der Waals surface area contributed by atoms with Crippen LogP contribution in [0.3, 0.4) is 0 Å². The quantitative estimate of drug-likeness (QED) is 0.251. The molecule has 1 N–H and O–H groups in total. The average Bonchev–Trinajstić information content (AvgIpc) is 3.24. The number of halogens is 5. The number of aromatic nitrogens is 3. The number of amides is 1. The number of aryl methyl sites for hydroxylation is 2. The average molecular weight is 551 g/mol. The highest BCUT2D eigenvalue weighted by Gasteiger charge is 2.33. The molecule has 0 radical (unpaired) electrons. The Morgan fingerprint density at radius 2 is 1.69 bits per heavy atom. The molecule has 5 nitrogen and oxygen atoms in total. The molecule has 4 aromatic rings. The monoisotopic (exact) mass is 550 g/mol. The number of rotatable bonds is 6. The molecule has 0 saturated heterocycles. The van der Waals surface area contributed by atoms with Gasteiger partial charge in [-0.05, 0) is 79.6 Å². The number of anilines is 1. The Morgan fingerprint density at radius 3 is 2.36 bits per heavy atom. The van der Waals surface area contributed by atoms with Gasteiger partial charge in [0.05, 0.1) is 22.0 Å². The van der Waals surface area contributed by atoms with E-state index in [-0.39, 0.29) is 11.4 Å². The number of nitrogens with one attached hydrogen (secondary N) is 1. The van der Waals surface area contributed by atoms with E-state index in [4.69, 9.17) is 23.2 Å². The number of benzene rings is 3. The van der Waals surface area contributed by atoms with Crippen molar-refractivity contribution in [3.63, 3.8) is 0 Å². The van der Waals surface area contributed by atoms with Crippen LogP contribution in [0.5, 0.6) is 0 Å². The summed E-state index contributed by atoms with van der Waals surface area (Å²) in [6.45, 7) is 4.00. The normalized spacial score (nSPS) is 11.5. The predicted molar refractivity (Wildman–Crippen MR) is 137 cm³/mol. The third-order valence-corrected chi connectivity index (χ3v) is 6.88. The van der Waals surface area contributed by atoms with Gasteiger partial charge in [0.25, 0.3) is 0 Å². The zero-order valence-electron chi connectivity index (χ0n) is 19.0. The fraction of sp³-hybridized carbons (Fsp3) is 0.160. The first-order valence-corrected chi connectivity index (χ1v) is 12.4. The summed E-state index contributed by atoms with van der Waals surface area (Å²) in [6.07, 6.45) is -4.63. The third kappa shape index (κ3) is 5.86. The lowest BCUT2D eigenvalue weighted by Crippen LogP contribution is -2.15. The van der Waals surface area contributed by atoms with Crippen molar-refractivity contribution in [2.45, 2.75) is 25.2 Å². The maximum Gasteiger partial charge on any atom is 0.417 e. The van der Waals surface area contributed by atoms with Crippen molar-refractivity contribution in [1.29, 1.82) is 0 Å². The van der Waals surface area contributed by atoms with Gasteiger partial charge in [0, 0.05) is 16.3 Å². The van der Waals surface area contributed by atoms with E-state index >= 15 is 0 Å². The van der Waals surface area contributed by atoms with Crippen LogP contribution in [0.25, 0.3) is 17.1 Å². The highest BCUT2D eigenvalue weighted by atomic mass is 35.5. The van der Waals surface area contributed by atoms with Crippen molar-refractivity contribution in [3.8, 4) is 17.1 Å². The van der Waals surface area contributed by atoms with Crippen LogP contribution in [0.2, 0.25) is 10.0 Å². The lowest BCUT2D eigenvalue weighted by atomic mass is 10.1. The van der Waals surface area contributed by atoms with Gasteiger partial charge in [-0.15, -0.1) is 10.2 Å². The molecule has 0 fully saturated rings. The van der Waals surface area contributed by atoms with E-state index in [1.807, 2.05) is 48.7 Å². The molecule has 0 spiro atoms. The van der Waals surface area contributed by atoms with E-state index in [9.17, 15) is 18.0 Å².